The average molecular weight is 397 g/mol. The van der Waals surface area contributed by atoms with Crippen molar-refractivity contribution in [3.63, 3.8) is 0 Å². The maximum atomic E-state index is 11.7. The van der Waals surface area contributed by atoms with Crippen molar-refractivity contribution < 1.29 is 24.5 Å². The number of ether oxygens (including phenoxy) is 1. The van der Waals surface area contributed by atoms with Crippen LogP contribution in [0.3, 0.4) is 0 Å². The molecule has 0 saturated heterocycles. The van der Waals surface area contributed by atoms with E-state index in [4.69, 9.17) is 16.3 Å². The van der Waals surface area contributed by atoms with E-state index in [1.807, 2.05) is 33.8 Å². The number of benzene rings is 1. The third kappa shape index (κ3) is 6.28. The summed E-state index contributed by atoms with van der Waals surface area (Å²) in [5, 5.41) is 20.5. The Kier molecular flexibility index (Phi) is 8.35. The van der Waals surface area contributed by atoms with Crippen molar-refractivity contribution >= 4 is 23.9 Å². The summed E-state index contributed by atoms with van der Waals surface area (Å²) in [6.07, 6.45) is 5.10. The van der Waals surface area contributed by atoms with Crippen molar-refractivity contribution in [1.29, 1.82) is 0 Å². The van der Waals surface area contributed by atoms with Crippen molar-refractivity contribution in [3.05, 3.63) is 33.4 Å². The van der Waals surface area contributed by atoms with Crippen LogP contribution < -0.4 is 0 Å². The van der Waals surface area contributed by atoms with Crippen LogP contribution in [0.5, 0.6) is 11.5 Å². The molecule has 0 aromatic heterocycles. The molecule has 5 nitrogen and oxygen atoms in total. The van der Waals surface area contributed by atoms with Gasteiger partial charge in [0.25, 0.3) is 0 Å². The molecule has 2 N–H and O–H groups in total. The van der Waals surface area contributed by atoms with E-state index in [1.54, 1.807) is 6.92 Å². The summed E-state index contributed by atoms with van der Waals surface area (Å²) in [5.41, 5.74) is 1.28. The van der Waals surface area contributed by atoms with E-state index in [-0.39, 0.29) is 40.0 Å². The SMILES string of the molecule is CC(=CCc1c(O)c(Cl)c(C)c(C=O)c1O)CCCCOC(=O)C(C)(C)C. The van der Waals surface area contributed by atoms with Gasteiger partial charge in [-0.1, -0.05) is 23.3 Å². The number of hydrogen-bond donors (Lipinski definition) is 2. The van der Waals surface area contributed by atoms with Crippen LogP contribution in [0, 0.1) is 12.3 Å². The molecule has 1 aromatic rings. The molecule has 0 saturated carbocycles. The lowest BCUT2D eigenvalue weighted by atomic mass is 9.97. The van der Waals surface area contributed by atoms with Gasteiger partial charge in [0.1, 0.15) is 11.5 Å². The first-order chi connectivity index (χ1) is 12.5. The molecule has 0 heterocycles. The van der Waals surface area contributed by atoms with E-state index < -0.39 is 5.41 Å². The minimum Gasteiger partial charge on any atom is -0.507 e. The Labute approximate surface area is 166 Å². The summed E-state index contributed by atoms with van der Waals surface area (Å²) >= 11 is 6.05. The van der Waals surface area contributed by atoms with Gasteiger partial charge < -0.3 is 14.9 Å². The third-order valence-corrected chi connectivity index (χ3v) is 4.81. The molecular weight excluding hydrogens is 368 g/mol. The second-order valence-corrected chi connectivity index (χ2v) is 8.12. The smallest absolute Gasteiger partial charge is 0.311 e. The quantitative estimate of drug-likeness (QED) is 0.276. The molecule has 27 heavy (non-hydrogen) atoms. The minimum absolute atomic E-state index is 0.0802. The number of halogens is 1. The van der Waals surface area contributed by atoms with Crippen LogP contribution in [0.15, 0.2) is 11.6 Å². The van der Waals surface area contributed by atoms with Gasteiger partial charge in [0.2, 0.25) is 0 Å². The Morgan fingerprint density at radius 2 is 1.81 bits per heavy atom. The summed E-state index contributed by atoms with van der Waals surface area (Å²) in [6, 6.07) is 0. The first-order valence-corrected chi connectivity index (χ1v) is 9.39. The fourth-order valence-electron chi connectivity index (χ4n) is 2.48. The maximum absolute atomic E-state index is 11.7. The molecule has 0 aliphatic heterocycles. The van der Waals surface area contributed by atoms with E-state index in [9.17, 15) is 19.8 Å². The lowest BCUT2D eigenvalue weighted by Crippen LogP contribution is -2.23. The first kappa shape index (κ1) is 23.0. The van der Waals surface area contributed by atoms with E-state index in [0.29, 0.717) is 18.5 Å². The van der Waals surface area contributed by atoms with Gasteiger partial charge in [0.05, 0.1) is 22.6 Å². The minimum atomic E-state index is -0.491. The van der Waals surface area contributed by atoms with Gasteiger partial charge in [-0.25, -0.2) is 0 Å². The second-order valence-electron chi connectivity index (χ2n) is 7.74. The second kappa shape index (κ2) is 9.79. The lowest BCUT2D eigenvalue weighted by molar-refractivity contribution is -0.153. The molecule has 0 spiro atoms. The van der Waals surface area contributed by atoms with E-state index in [1.165, 1.54) is 0 Å². The van der Waals surface area contributed by atoms with Crippen LogP contribution in [-0.4, -0.2) is 29.1 Å². The molecule has 0 amide bonds. The zero-order valence-corrected chi connectivity index (χ0v) is 17.4. The van der Waals surface area contributed by atoms with Crippen molar-refractivity contribution in [1.82, 2.24) is 0 Å². The summed E-state index contributed by atoms with van der Waals surface area (Å²) in [6.45, 7) is 9.37. The first-order valence-electron chi connectivity index (χ1n) is 9.01. The van der Waals surface area contributed by atoms with E-state index in [2.05, 4.69) is 0 Å². The number of allylic oxidation sites excluding steroid dienone is 2. The maximum Gasteiger partial charge on any atom is 0.311 e. The number of carbonyl (C=O) groups is 2. The predicted octanol–water partition coefficient (Wildman–Crippen LogP) is 5.12. The number of hydrogen-bond acceptors (Lipinski definition) is 5. The van der Waals surface area contributed by atoms with Crippen molar-refractivity contribution in [2.75, 3.05) is 6.61 Å². The van der Waals surface area contributed by atoms with Gasteiger partial charge >= 0.3 is 5.97 Å². The number of esters is 1. The molecular formula is C21H29ClO5. The van der Waals surface area contributed by atoms with E-state index >= 15 is 0 Å². The standard InChI is InChI=1S/C21H29ClO5/c1-13(8-6-7-11-27-20(26)21(3,4)5)9-10-15-18(24)16(12-23)14(2)17(22)19(15)25/h9,12,24-25H,6-8,10-11H2,1-5H3. The van der Waals surface area contributed by atoms with Gasteiger partial charge in [-0.15, -0.1) is 0 Å². The Morgan fingerprint density at radius 3 is 2.37 bits per heavy atom. The molecule has 0 fully saturated rings. The number of carbonyl (C=O) groups excluding carboxylic acids is 2. The van der Waals surface area contributed by atoms with Crippen LogP contribution in [0.4, 0.5) is 0 Å². The fraction of sp³-hybridized carbons (Fsp3) is 0.524. The number of aromatic hydroxyl groups is 2. The molecule has 0 bridgehead atoms. The van der Waals surface area contributed by atoms with Gasteiger partial charge in [-0.2, -0.15) is 0 Å². The molecule has 0 aliphatic rings. The van der Waals surface area contributed by atoms with Crippen molar-refractivity contribution in [2.24, 2.45) is 5.41 Å². The fourth-order valence-corrected chi connectivity index (χ4v) is 2.70. The molecule has 0 unspecified atom stereocenters. The van der Waals surface area contributed by atoms with Crippen molar-refractivity contribution in [3.8, 4) is 11.5 Å². The average Bonchev–Trinajstić information content (AvgIpc) is 2.59. The summed E-state index contributed by atoms with van der Waals surface area (Å²) < 4.78 is 5.23. The highest BCUT2D eigenvalue weighted by Gasteiger charge is 2.22. The van der Waals surface area contributed by atoms with Gasteiger partial charge in [-0.3, -0.25) is 9.59 Å². The largest absolute Gasteiger partial charge is 0.507 e. The highest BCUT2D eigenvalue weighted by molar-refractivity contribution is 6.33. The van der Waals surface area contributed by atoms with E-state index in [0.717, 1.165) is 24.8 Å². The van der Waals surface area contributed by atoms with Crippen LogP contribution in [0.1, 0.15) is 68.4 Å². The highest BCUT2D eigenvalue weighted by Crippen LogP contribution is 2.40. The number of phenols is 2. The van der Waals surface area contributed by atoms with Gasteiger partial charge in [-0.05, 0) is 65.9 Å². The monoisotopic (exact) mass is 396 g/mol. The normalized spacial score (nSPS) is 12.1. The van der Waals surface area contributed by atoms with Gasteiger partial charge in [0, 0.05) is 5.56 Å². The van der Waals surface area contributed by atoms with Gasteiger partial charge in [0.15, 0.2) is 6.29 Å². The lowest BCUT2D eigenvalue weighted by Gasteiger charge is -2.16. The molecule has 1 aromatic carbocycles. The molecule has 0 atom stereocenters. The Bertz CT molecular complexity index is 729. The number of unbranched alkanes of at least 4 members (excludes halogenated alkanes) is 1. The number of rotatable bonds is 8. The summed E-state index contributed by atoms with van der Waals surface area (Å²) in [4.78, 5) is 22.8. The van der Waals surface area contributed by atoms with Crippen molar-refractivity contribution in [2.45, 2.75) is 60.3 Å². The van der Waals surface area contributed by atoms with Crippen LogP contribution in [0.2, 0.25) is 5.02 Å². The molecule has 6 heteroatoms. The Hall–Kier alpha value is -2.01. The zero-order chi connectivity index (χ0) is 20.8. The van der Waals surface area contributed by atoms with Crippen LogP contribution >= 0.6 is 11.6 Å². The molecule has 0 aliphatic carbocycles. The molecule has 150 valence electrons. The molecule has 1 rings (SSSR count). The Morgan fingerprint density at radius 1 is 1.19 bits per heavy atom. The number of aldehydes is 1. The Balaban J connectivity index is 2.62. The predicted molar refractivity (Wildman–Crippen MR) is 107 cm³/mol. The topological polar surface area (TPSA) is 83.8 Å². The third-order valence-electron chi connectivity index (χ3n) is 4.35. The van der Waals surface area contributed by atoms with Crippen LogP contribution in [0.25, 0.3) is 0 Å². The molecule has 0 radical (unpaired) electrons. The number of phenolic OH excluding ortho intramolecular Hbond substituents is 2. The highest BCUT2D eigenvalue weighted by atomic mass is 35.5. The summed E-state index contributed by atoms with van der Waals surface area (Å²) in [5.74, 6) is -0.638. The summed E-state index contributed by atoms with van der Waals surface area (Å²) in [7, 11) is 0. The van der Waals surface area contributed by atoms with Crippen LogP contribution in [-0.2, 0) is 16.0 Å². The zero-order valence-electron chi connectivity index (χ0n) is 16.7.